The molecule has 0 rings (SSSR count). The van der Waals surface area contributed by atoms with Crippen LogP contribution in [-0.2, 0) is 15.6 Å². The summed E-state index contributed by atoms with van der Waals surface area (Å²) in [6, 6.07) is 0. The van der Waals surface area contributed by atoms with E-state index in [9.17, 15) is 9.00 Å². The predicted molar refractivity (Wildman–Crippen MR) is 73.3 cm³/mol. The molecule has 0 aliphatic heterocycles. The van der Waals surface area contributed by atoms with E-state index in [-0.39, 0.29) is 11.4 Å². The Morgan fingerprint density at radius 2 is 1.82 bits per heavy atom. The minimum absolute atomic E-state index is 0.167. The van der Waals surface area contributed by atoms with Gasteiger partial charge >= 0.3 is 0 Å². The molecule has 0 aromatic rings. The monoisotopic (exact) mass is 262 g/mol. The Labute approximate surface area is 107 Å². The Morgan fingerprint density at radius 1 is 1.35 bits per heavy atom. The van der Waals surface area contributed by atoms with Crippen molar-refractivity contribution in [3.8, 4) is 0 Å². The third-order valence-corrected chi connectivity index (χ3v) is 4.65. The minimum Gasteiger partial charge on any atom is -0.350 e. The van der Waals surface area contributed by atoms with Gasteiger partial charge in [-0.05, 0) is 41.0 Å². The summed E-state index contributed by atoms with van der Waals surface area (Å²) in [5.74, 6) is 0.160. The minimum atomic E-state index is -1.24. The summed E-state index contributed by atoms with van der Waals surface area (Å²) in [4.78, 5) is 11.9. The summed E-state index contributed by atoms with van der Waals surface area (Å²) >= 11 is 0. The highest BCUT2D eigenvalue weighted by Crippen LogP contribution is 2.10. The highest BCUT2D eigenvalue weighted by Gasteiger charge is 2.27. The van der Waals surface area contributed by atoms with Gasteiger partial charge in [0, 0.05) is 27.6 Å². The molecule has 0 aliphatic rings. The third kappa shape index (κ3) is 6.78. The zero-order valence-electron chi connectivity index (χ0n) is 11.8. The lowest BCUT2D eigenvalue weighted by Gasteiger charge is -2.27. The van der Waals surface area contributed by atoms with Crippen LogP contribution in [0, 0.1) is 0 Å². The van der Waals surface area contributed by atoms with E-state index in [0.717, 1.165) is 6.42 Å². The fourth-order valence-corrected chi connectivity index (χ4v) is 2.42. The molecule has 0 aliphatic carbocycles. The van der Waals surface area contributed by atoms with E-state index in [4.69, 9.17) is 5.73 Å². The topological polar surface area (TPSA) is 72.2 Å². The molecule has 3 N–H and O–H groups in total. The van der Waals surface area contributed by atoms with Gasteiger partial charge < -0.3 is 11.1 Å². The van der Waals surface area contributed by atoms with Crippen molar-refractivity contribution < 1.29 is 9.00 Å². The summed E-state index contributed by atoms with van der Waals surface area (Å²) in [7, 11) is -1.24. The summed E-state index contributed by atoms with van der Waals surface area (Å²) in [6.07, 6.45) is 0.834. The first-order valence-corrected chi connectivity index (χ1v) is 7.35. The first-order chi connectivity index (χ1) is 7.48. The number of nitrogens with two attached hydrogens (primary N) is 1. The molecule has 0 saturated carbocycles. The van der Waals surface area contributed by atoms with Gasteiger partial charge in [-0.15, -0.1) is 0 Å². The summed E-state index contributed by atoms with van der Waals surface area (Å²) in [5, 5.41) is 2.38. The van der Waals surface area contributed by atoms with E-state index >= 15 is 0 Å². The average Bonchev–Trinajstić information content (AvgIpc) is 2.13. The molecule has 5 heteroatoms. The Morgan fingerprint density at radius 3 is 2.18 bits per heavy atom. The molecule has 0 radical (unpaired) electrons. The lowest BCUT2D eigenvalue weighted by atomic mass is 10.0. The van der Waals surface area contributed by atoms with Crippen LogP contribution in [0.15, 0.2) is 0 Å². The summed E-state index contributed by atoms with van der Waals surface area (Å²) < 4.78 is 11.9. The number of carbonyl (C=O) groups excluding carboxylic acids is 1. The number of rotatable bonds is 6. The van der Waals surface area contributed by atoms with Gasteiger partial charge in [-0.3, -0.25) is 9.00 Å². The molecule has 0 fully saturated rings. The van der Waals surface area contributed by atoms with Crippen molar-refractivity contribution in [3.05, 3.63) is 0 Å². The van der Waals surface area contributed by atoms with Crippen molar-refractivity contribution in [2.45, 2.75) is 64.3 Å². The van der Waals surface area contributed by atoms with E-state index < -0.39 is 21.6 Å². The first-order valence-electron chi connectivity index (χ1n) is 5.96. The van der Waals surface area contributed by atoms with E-state index in [1.165, 1.54) is 0 Å². The van der Waals surface area contributed by atoms with Gasteiger partial charge in [0.15, 0.2) is 0 Å². The molecule has 0 saturated heterocycles. The number of carbonyl (C=O) groups is 1. The van der Waals surface area contributed by atoms with Gasteiger partial charge in [0.25, 0.3) is 0 Å². The van der Waals surface area contributed by atoms with E-state index in [1.807, 2.05) is 34.6 Å². The van der Waals surface area contributed by atoms with Gasteiger partial charge in [0.2, 0.25) is 5.91 Å². The molecule has 2 unspecified atom stereocenters. The zero-order chi connectivity index (χ0) is 13.9. The van der Waals surface area contributed by atoms with Crippen LogP contribution in [0.2, 0.25) is 0 Å². The maximum Gasteiger partial charge on any atom is 0.235 e. The predicted octanol–water partition coefficient (Wildman–Crippen LogP) is 1.17. The molecular weight excluding hydrogens is 236 g/mol. The first kappa shape index (κ1) is 16.6. The molecule has 0 spiro atoms. The number of amides is 1. The molecule has 17 heavy (non-hydrogen) atoms. The van der Waals surface area contributed by atoms with Gasteiger partial charge in [0.1, 0.15) is 5.25 Å². The van der Waals surface area contributed by atoms with Crippen molar-refractivity contribution in [2.75, 3.05) is 5.75 Å². The van der Waals surface area contributed by atoms with Crippen LogP contribution in [0.5, 0.6) is 0 Å². The van der Waals surface area contributed by atoms with E-state index in [0.29, 0.717) is 5.75 Å². The molecule has 1 amide bonds. The smallest absolute Gasteiger partial charge is 0.235 e. The summed E-state index contributed by atoms with van der Waals surface area (Å²) in [5.41, 5.74) is 5.03. The highest BCUT2D eigenvalue weighted by molar-refractivity contribution is 7.86. The van der Waals surface area contributed by atoms with Crippen LogP contribution >= 0.6 is 0 Å². The number of nitrogens with one attached hydrogen (secondary N) is 1. The Hall–Kier alpha value is -0.420. The van der Waals surface area contributed by atoms with Crippen molar-refractivity contribution in [1.29, 1.82) is 0 Å². The highest BCUT2D eigenvalue weighted by atomic mass is 32.2. The third-order valence-electron chi connectivity index (χ3n) is 2.62. The number of hydrogen-bond donors (Lipinski definition) is 2. The lowest BCUT2D eigenvalue weighted by molar-refractivity contribution is -0.121. The SMILES string of the molecule is CCC(C)(C)NC(=O)C(C)S(=O)CC(C)(C)N. The average molecular weight is 262 g/mol. The Bertz CT molecular complexity index is 295. The normalized spacial score (nSPS) is 16.4. The van der Waals surface area contributed by atoms with Crippen molar-refractivity contribution in [2.24, 2.45) is 5.73 Å². The van der Waals surface area contributed by atoms with Crippen molar-refractivity contribution >= 4 is 16.7 Å². The number of hydrogen-bond acceptors (Lipinski definition) is 3. The molecule has 0 aromatic heterocycles. The van der Waals surface area contributed by atoms with Crippen LogP contribution in [0.1, 0.15) is 48.0 Å². The van der Waals surface area contributed by atoms with Crippen molar-refractivity contribution in [1.82, 2.24) is 5.32 Å². The lowest BCUT2D eigenvalue weighted by Crippen LogP contribution is -2.49. The fourth-order valence-electron chi connectivity index (χ4n) is 1.13. The molecule has 0 aromatic carbocycles. The van der Waals surface area contributed by atoms with Crippen LogP contribution in [0.25, 0.3) is 0 Å². The maximum atomic E-state index is 11.9. The largest absolute Gasteiger partial charge is 0.350 e. The van der Waals surface area contributed by atoms with Crippen LogP contribution in [0.3, 0.4) is 0 Å². The molecule has 2 atom stereocenters. The second kappa shape index (κ2) is 5.96. The second-order valence-electron chi connectivity index (χ2n) is 5.88. The van der Waals surface area contributed by atoms with E-state index in [1.54, 1.807) is 6.92 Å². The summed E-state index contributed by atoms with van der Waals surface area (Å²) in [6.45, 7) is 11.2. The quantitative estimate of drug-likeness (QED) is 0.754. The Balaban J connectivity index is 4.46. The molecule has 102 valence electrons. The van der Waals surface area contributed by atoms with Crippen molar-refractivity contribution in [3.63, 3.8) is 0 Å². The molecule has 0 bridgehead atoms. The van der Waals surface area contributed by atoms with Gasteiger partial charge in [-0.2, -0.15) is 0 Å². The second-order valence-corrected chi connectivity index (χ2v) is 7.64. The van der Waals surface area contributed by atoms with Crippen LogP contribution < -0.4 is 11.1 Å². The van der Waals surface area contributed by atoms with E-state index in [2.05, 4.69) is 5.32 Å². The standard InChI is InChI=1S/C12H26N2O2S/c1-7-12(5,6)14-10(15)9(2)17(16)8-11(3,4)13/h9H,7-8,13H2,1-6H3,(H,14,15). The molecule has 4 nitrogen and oxygen atoms in total. The van der Waals surface area contributed by atoms with Gasteiger partial charge in [0.05, 0.1) is 0 Å². The zero-order valence-corrected chi connectivity index (χ0v) is 12.6. The fraction of sp³-hybridized carbons (Fsp3) is 0.917. The van der Waals surface area contributed by atoms with Gasteiger partial charge in [-0.25, -0.2) is 0 Å². The van der Waals surface area contributed by atoms with Crippen LogP contribution in [-0.4, -0.2) is 32.2 Å². The van der Waals surface area contributed by atoms with Crippen LogP contribution in [0.4, 0.5) is 0 Å². The maximum absolute atomic E-state index is 11.9. The van der Waals surface area contributed by atoms with Gasteiger partial charge in [-0.1, -0.05) is 6.92 Å². The Kier molecular flexibility index (Phi) is 5.81. The molecule has 0 heterocycles. The molecular formula is C12H26N2O2S.